The van der Waals surface area contributed by atoms with Crippen LogP contribution in [-0.4, -0.2) is 21.3 Å². The molecule has 13 heavy (non-hydrogen) atoms. The number of hydrogen-bond acceptors (Lipinski definition) is 3. The zero-order valence-corrected chi connectivity index (χ0v) is 7.15. The van der Waals surface area contributed by atoms with E-state index in [1.54, 1.807) is 6.92 Å². The molecule has 0 radical (unpaired) electrons. The van der Waals surface area contributed by atoms with Gasteiger partial charge < -0.3 is 5.11 Å². The van der Waals surface area contributed by atoms with Gasteiger partial charge in [0, 0.05) is 18.0 Å². The predicted octanol–water partition coefficient (Wildman–Crippen LogP) is -0.692. The maximum atomic E-state index is 11.1. The number of aryl methyl sites for hydroxylation is 1. The van der Waals surface area contributed by atoms with Gasteiger partial charge in [0.1, 0.15) is 0 Å². The molecule has 5 heteroatoms. The lowest BCUT2D eigenvalue weighted by atomic mass is 10.4. The third-order valence-electron chi connectivity index (χ3n) is 1.52. The minimum atomic E-state index is -0.514. The van der Waals surface area contributed by atoms with Crippen molar-refractivity contribution in [3.8, 4) is 0 Å². The zero-order valence-electron chi connectivity index (χ0n) is 7.15. The van der Waals surface area contributed by atoms with Crippen LogP contribution in [0.5, 0.6) is 0 Å². The van der Waals surface area contributed by atoms with Crippen molar-refractivity contribution >= 4 is 6.20 Å². The van der Waals surface area contributed by atoms with Gasteiger partial charge in [-0.15, -0.1) is 0 Å². The molecule has 0 amide bonds. The molecule has 0 saturated heterocycles. The summed E-state index contributed by atoms with van der Waals surface area (Å²) in [6.07, 6.45) is 4.21. The van der Waals surface area contributed by atoms with Gasteiger partial charge in [0.2, 0.25) is 0 Å². The zero-order chi connectivity index (χ0) is 9.84. The minimum Gasteiger partial charge on any atom is -0.392 e. The predicted molar refractivity (Wildman–Crippen MR) is 48.5 cm³/mol. The molecule has 2 N–H and O–H groups in total. The van der Waals surface area contributed by atoms with Gasteiger partial charge in [-0.3, -0.25) is 14.3 Å². The Balaban J connectivity index is 3.24. The van der Waals surface area contributed by atoms with E-state index < -0.39 is 11.2 Å². The molecule has 0 fully saturated rings. The minimum absolute atomic E-state index is 0.148. The lowest BCUT2D eigenvalue weighted by Crippen LogP contribution is -2.28. The van der Waals surface area contributed by atoms with E-state index in [-0.39, 0.29) is 6.61 Å². The third-order valence-corrected chi connectivity index (χ3v) is 1.52. The standard InChI is InChI=1S/C8H10N2O3/c1-6-5-10(3-2-4-11)8(13)9-7(6)12/h2-3,5,11H,4H2,1H3,(H,9,12,13)/b3-2+. The van der Waals surface area contributed by atoms with Gasteiger partial charge in [-0.25, -0.2) is 4.79 Å². The second-order valence-corrected chi connectivity index (χ2v) is 2.55. The summed E-state index contributed by atoms with van der Waals surface area (Å²) in [5.74, 6) is 0. The summed E-state index contributed by atoms with van der Waals surface area (Å²) in [6.45, 7) is 1.45. The SMILES string of the molecule is Cc1cn(/C=C/CO)c(=O)[nH]c1=O. The van der Waals surface area contributed by atoms with Crippen LogP contribution >= 0.6 is 0 Å². The van der Waals surface area contributed by atoms with Gasteiger partial charge in [0.05, 0.1) is 6.61 Å². The van der Waals surface area contributed by atoms with E-state index in [1.165, 1.54) is 23.0 Å². The Labute approximate surface area is 74.0 Å². The molecular weight excluding hydrogens is 172 g/mol. The smallest absolute Gasteiger partial charge is 0.332 e. The van der Waals surface area contributed by atoms with Crippen molar-refractivity contribution < 1.29 is 5.11 Å². The Morgan fingerprint density at radius 3 is 2.92 bits per heavy atom. The molecule has 0 spiro atoms. The summed E-state index contributed by atoms with van der Waals surface area (Å²) >= 11 is 0. The highest BCUT2D eigenvalue weighted by Crippen LogP contribution is 1.84. The number of rotatable bonds is 2. The molecule has 0 aliphatic heterocycles. The van der Waals surface area contributed by atoms with Crippen molar-refractivity contribution in [3.05, 3.63) is 38.7 Å². The van der Waals surface area contributed by atoms with E-state index in [1.807, 2.05) is 0 Å². The molecule has 70 valence electrons. The molecule has 0 aliphatic rings. The molecule has 5 nitrogen and oxygen atoms in total. The lowest BCUT2D eigenvalue weighted by Gasteiger charge is -1.97. The second-order valence-electron chi connectivity index (χ2n) is 2.55. The summed E-state index contributed by atoms with van der Waals surface area (Å²) in [5, 5.41) is 8.47. The van der Waals surface area contributed by atoms with Gasteiger partial charge in [-0.05, 0) is 13.0 Å². The normalized spacial score (nSPS) is 10.9. The topological polar surface area (TPSA) is 75.1 Å². The van der Waals surface area contributed by atoms with Crippen LogP contribution in [-0.2, 0) is 0 Å². The fourth-order valence-corrected chi connectivity index (χ4v) is 0.858. The molecule has 1 aromatic heterocycles. The highest BCUT2D eigenvalue weighted by atomic mass is 16.2. The Kier molecular flexibility index (Phi) is 2.81. The van der Waals surface area contributed by atoms with E-state index in [0.29, 0.717) is 5.56 Å². The van der Waals surface area contributed by atoms with Crippen LogP contribution < -0.4 is 11.2 Å². The first-order valence-electron chi connectivity index (χ1n) is 3.74. The molecule has 1 rings (SSSR count). The van der Waals surface area contributed by atoms with Crippen molar-refractivity contribution in [1.29, 1.82) is 0 Å². The van der Waals surface area contributed by atoms with Crippen molar-refractivity contribution in [2.24, 2.45) is 0 Å². The largest absolute Gasteiger partial charge is 0.392 e. The molecule has 0 aliphatic carbocycles. The van der Waals surface area contributed by atoms with Crippen molar-refractivity contribution in [2.45, 2.75) is 6.92 Å². The highest BCUT2D eigenvalue weighted by Gasteiger charge is 1.96. The molecule has 1 heterocycles. The number of hydrogen-bond donors (Lipinski definition) is 2. The van der Waals surface area contributed by atoms with Crippen molar-refractivity contribution in [1.82, 2.24) is 9.55 Å². The Bertz CT molecular complexity index is 428. The van der Waals surface area contributed by atoms with Crippen molar-refractivity contribution in [2.75, 3.05) is 6.61 Å². The molecule has 0 aromatic carbocycles. The van der Waals surface area contributed by atoms with Crippen LogP contribution in [0.25, 0.3) is 6.20 Å². The molecule has 0 atom stereocenters. The Morgan fingerprint density at radius 2 is 2.31 bits per heavy atom. The molecule has 0 saturated carbocycles. The molecule has 0 unspecified atom stereocenters. The first-order chi connectivity index (χ1) is 6.15. The highest BCUT2D eigenvalue weighted by molar-refractivity contribution is 5.22. The average molecular weight is 182 g/mol. The van der Waals surface area contributed by atoms with Gasteiger partial charge >= 0.3 is 5.69 Å². The average Bonchev–Trinajstić information content (AvgIpc) is 2.09. The van der Waals surface area contributed by atoms with Crippen LogP contribution in [0.4, 0.5) is 0 Å². The van der Waals surface area contributed by atoms with Crippen LogP contribution in [0.2, 0.25) is 0 Å². The number of aromatic amines is 1. The first kappa shape index (κ1) is 9.47. The monoisotopic (exact) mass is 182 g/mol. The van der Waals surface area contributed by atoms with Crippen LogP contribution in [0.3, 0.4) is 0 Å². The third kappa shape index (κ3) is 2.16. The van der Waals surface area contributed by atoms with Gasteiger partial charge in [0.15, 0.2) is 0 Å². The van der Waals surface area contributed by atoms with Crippen LogP contribution in [0, 0.1) is 6.92 Å². The number of nitrogens with one attached hydrogen (secondary N) is 1. The summed E-state index contributed by atoms with van der Waals surface area (Å²) in [7, 11) is 0. The van der Waals surface area contributed by atoms with Crippen LogP contribution in [0.15, 0.2) is 21.9 Å². The quantitative estimate of drug-likeness (QED) is 0.635. The number of aliphatic hydroxyl groups excluding tert-OH is 1. The second kappa shape index (κ2) is 3.86. The maximum absolute atomic E-state index is 11.1. The summed E-state index contributed by atoms with van der Waals surface area (Å²) in [5.41, 5.74) is -0.457. The Morgan fingerprint density at radius 1 is 1.62 bits per heavy atom. The number of H-pyrrole nitrogens is 1. The van der Waals surface area contributed by atoms with Crippen LogP contribution in [0.1, 0.15) is 5.56 Å². The van der Waals surface area contributed by atoms with E-state index in [2.05, 4.69) is 4.98 Å². The number of nitrogens with zero attached hydrogens (tertiary/aromatic N) is 1. The fourth-order valence-electron chi connectivity index (χ4n) is 0.858. The summed E-state index contributed by atoms with van der Waals surface area (Å²) in [4.78, 5) is 24.1. The van der Waals surface area contributed by atoms with Gasteiger partial charge in [-0.2, -0.15) is 0 Å². The number of aromatic nitrogens is 2. The number of aliphatic hydroxyl groups is 1. The van der Waals surface area contributed by atoms with E-state index in [0.717, 1.165) is 0 Å². The molecule has 0 bridgehead atoms. The molecular formula is C8H10N2O3. The van der Waals surface area contributed by atoms with E-state index in [4.69, 9.17) is 5.11 Å². The molecule has 1 aromatic rings. The van der Waals surface area contributed by atoms with Crippen molar-refractivity contribution in [3.63, 3.8) is 0 Å². The lowest BCUT2D eigenvalue weighted by molar-refractivity contribution is 0.343. The van der Waals surface area contributed by atoms with E-state index >= 15 is 0 Å². The van der Waals surface area contributed by atoms with E-state index in [9.17, 15) is 9.59 Å². The summed E-state index contributed by atoms with van der Waals surface area (Å²) < 4.78 is 1.20. The fraction of sp³-hybridized carbons (Fsp3) is 0.250. The Hall–Kier alpha value is -1.62. The van der Waals surface area contributed by atoms with Gasteiger partial charge in [-0.1, -0.05) is 0 Å². The first-order valence-corrected chi connectivity index (χ1v) is 3.74. The summed E-state index contributed by atoms with van der Waals surface area (Å²) in [6, 6.07) is 0. The van der Waals surface area contributed by atoms with Gasteiger partial charge in [0.25, 0.3) is 5.56 Å². The maximum Gasteiger partial charge on any atom is 0.332 e.